The Bertz CT molecular complexity index is 1140. The SMILES string of the molecule is CCc1sc(S(=O)(=O)Nc2cccc(F)n2)cc1NC1CCN(Cc2ccccc2)CC1. The number of pyridine rings is 1. The molecule has 3 heterocycles. The lowest BCUT2D eigenvalue weighted by atomic mass is 10.0. The van der Waals surface area contributed by atoms with Gasteiger partial charge in [-0.15, -0.1) is 11.3 Å². The first-order valence-corrected chi connectivity index (χ1v) is 13.0. The molecule has 0 radical (unpaired) electrons. The molecule has 0 spiro atoms. The summed E-state index contributed by atoms with van der Waals surface area (Å²) in [6, 6.07) is 16.5. The molecule has 1 aromatic carbocycles. The van der Waals surface area contributed by atoms with Crippen LogP contribution in [0.15, 0.2) is 58.8 Å². The average Bonchev–Trinajstić information content (AvgIpc) is 3.19. The van der Waals surface area contributed by atoms with Crippen molar-refractivity contribution in [2.24, 2.45) is 0 Å². The Morgan fingerprint density at radius 1 is 1.12 bits per heavy atom. The first-order valence-electron chi connectivity index (χ1n) is 10.7. The van der Waals surface area contributed by atoms with Crippen LogP contribution in [0.25, 0.3) is 0 Å². The van der Waals surface area contributed by atoms with E-state index in [0.29, 0.717) is 6.04 Å². The van der Waals surface area contributed by atoms with E-state index in [1.165, 1.54) is 35.1 Å². The van der Waals surface area contributed by atoms with Gasteiger partial charge in [0.1, 0.15) is 10.0 Å². The highest BCUT2D eigenvalue weighted by atomic mass is 32.2. The van der Waals surface area contributed by atoms with Gasteiger partial charge in [0.2, 0.25) is 5.95 Å². The zero-order valence-corrected chi connectivity index (χ0v) is 19.6. The van der Waals surface area contributed by atoms with Crippen molar-refractivity contribution in [3.63, 3.8) is 0 Å². The lowest BCUT2D eigenvalue weighted by Gasteiger charge is -2.33. The van der Waals surface area contributed by atoms with Gasteiger partial charge >= 0.3 is 0 Å². The molecule has 0 amide bonds. The number of piperidine rings is 1. The Hall–Kier alpha value is -2.49. The Labute approximate surface area is 192 Å². The zero-order chi connectivity index (χ0) is 22.6. The van der Waals surface area contributed by atoms with Gasteiger partial charge in [0.25, 0.3) is 10.0 Å². The van der Waals surface area contributed by atoms with Crippen molar-refractivity contribution < 1.29 is 12.8 Å². The Morgan fingerprint density at radius 3 is 2.56 bits per heavy atom. The summed E-state index contributed by atoms with van der Waals surface area (Å²) in [5.41, 5.74) is 2.19. The predicted molar refractivity (Wildman–Crippen MR) is 127 cm³/mol. The molecule has 2 N–H and O–H groups in total. The number of rotatable bonds is 8. The van der Waals surface area contributed by atoms with Crippen LogP contribution in [0.1, 0.15) is 30.2 Å². The lowest BCUT2D eigenvalue weighted by molar-refractivity contribution is 0.211. The van der Waals surface area contributed by atoms with Gasteiger partial charge < -0.3 is 5.32 Å². The molecule has 0 saturated carbocycles. The number of nitrogens with zero attached hydrogens (tertiary/aromatic N) is 2. The molecule has 2 aromatic heterocycles. The molecule has 1 saturated heterocycles. The number of thiophene rings is 1. The van der Waals surface area contributed by atoms with E-state index in [-0.39, 0.29) is 10.0 Å². The fourth-order valence-electron chi connectivity index (χ4n) is 3.87. The third kappa shape index (κ3) is 5.65. The average molecular weight is 475 g/mol. The second-order valence-corrected chi connectivity index (χ2v) is 10.9. The fraction of sp³-hybridized carbons (Fsp3) is 0.348. The molecule has 1 fully saturated rings. The maximum Gasteiger partial charge on any atom is 0.272 e. The van der Waals surface area contributed by atoms with Gasteiger partial charge in [-0.25, -0.2) is 13.4 Å². The number of aryl methyl sites for hydroxylation is 1. The van der Waals surface area contributed by atoms with Crippen LogP contribution in [0, 0.1) is 5.95 Å². The summed E-state index contributed by atoms with van der Waals surface area (Å²) in [6.07, 6.45) is 2.73. The van der Waals surface area contributed by atoms with E-state index in [1.54, 1.807) is 6.07 Å². The van der Waals surface area contributed by atoms with Gasteiger partial charge in [-0.3, -0.25) is 9.62 Å². The van der Waals surface area contributed by atoms with E-state index in [1.807, 2.05) is 13.0 Å². The van der Waals surface area contributed by atoms with Crippen molar-refractivity contribution in [3.8, 4) is 0 Å². The van der Waals surface area contributed by atoms with Crippen LogP contribution >= 0.6 is 11.3 Å². The van der Waals surface area contributed by atoms with E-state index in [9.17, 15) is 12.8 Å². The fourth-order valence-corrected chi connectivity index (χ4v) is 6.29. The van der Waals surface area contributed by atoms with Crippen LogP contribution in [0.2, 0.25) is 0 Å². The molecule has 4 rings (SSSR count). The molecule has 170 valence electrons. The van der Waals surface area contributed by atoms with Gasteiger partial charge in [-0.05, 0) is 43.0 Å². The van der Waals surface area contributed by atoms with Crippen molar-refractivity contribution in [3.05, 3.63) is 71.0 Å². The van der Waals surface area contributed by atoms with Crippen LogP contribution in [0.5, 0.6) is 0 Å². The molecule has 32 heavy (non-hydrogen) atoms. The largest absolute Gasteiger partial charge is 0.381 e. The quantitative estimate of drug-likeness (QED) is 0.462. The number of anilines is 2. The summed E-state index contributed by atoms with van der Waals surface area (Å²) in [6.45, 7) is 4.96. The molecule has 0 aliphatic carbocycles. The Kier molecular flexibility index (Phi) is 7.07. The highest BCUT2D eigenvalue weighted by Gasteiger charge is 2.24. The second-order valence-electron chi connectivity index (χ2n) is 7.89. The molecule has 0 unspecified atom stereocenters. The topological polar surface area (TPSA) is 74.3 Å². The molecule has 1 aliphatic rings. The van der Waals surface area contributed by atoms with Gasteiger partial charge in [0.15, 0.2) is 0 Å². The number of hydrogen-bond donors (Lipinski definition) is 2. The Morgan fingerprint density at radius 2 is 1.88 bits per heavy atom. The smallest absolute Gasteiger partial charge is 0.272 e. The van der Waals surface area contributed by atoms with Gasteiger partial charge in [-0.1, -0.05) is 43.3 Å². The molecule has 1 aliphatic heterocycles. The molecule has 6 nitrogen and oxygen atoms in total. The zero-order valence-electron chi connectivity index (χ0n) is 17.9. The monoisotopic (exact) mass is 474 g/mol. The minimum absolute atomic E-state index is 0.0308. The first-order chi connectivity index (χ1) is 15.4. The number of aromatic nitrogens is 1. The van der Waals surface area contributed by atoms with E-state index in [4.69, 9.17) is 0 Å². The molecule has 0 bridgehead atoms. The van der Waals surface area contributed by atoms with Crippen molar-refractivity contribution >= 4 is 32.9 Å². The van der Waals surface area contributed by atoms with E-state index >= 15 is 0 Å². The summed E-state index contributed by atoms with van der Waals surface area (Å²) in [4.78, 5) is 7.03. The lowest BCUT2D eigenvalue weighted by Crippen LogP contribution is -2.38. The minimum atomic E-state index is -3.83. The number of benzene rings is 1. The van der Waals surface area contributed by atoms with Crippen LogP contribution in [-0.4, -0.2) is 37.4 Å². The predicted octanol–water partition coefficient (Wildman–Crippen LogP) is 4.72. The van der Waals surface area contributed by atoms with Gasteiger partial charge in [0, 0.05) is 36.2 Å². The van der Waals surface area contributed by atoms with E-state index in [0.717, 1.165) is 49.5 Å². The molecular formula is C23H27FN4O2S2. The highest BCUT2D eigenvalue weighted by Crippen LogP contribution is 2.33. The maximum atomic E-state index is 13.3. The summed E-state index contributed by atoms with van der Waals surface area (Å²) < 4.78 is 41.5. The van der Waals surface area contributed by atoms with Gasteiger partial charge in [-0.2, -0.15) is 4.39 Å². The first kappa shape index (κ1) is 22.7. The molecule has 3 aromatic rings. The highest BCUT2D eigenvalue weighted by molar-refractivity contribution is 7.94. The minimum Gasteiger partial charge on any atom is -0.381 e. The molecule has 9 heteroatoms. The van der Waals surface area contributed by atoms with E-state index < -0.39 is 16.0 Å². The second kappa shape index (κ2) is 9.97. The van der Waals surface area contributed by atoms with Crippen molar-refractivity contribution in [2.45, 2.75) is 43.0 Å². The Balaban J connectivity index is 1.39. The van der Waals surface area contributed by atoms with E-state index in [2.05, 4.69) is 44.2 Å². The van der Waals surface area contributed by atoms with Crippen LogP contribution in [0.4, 0.5) is 15.9 Å². The summed E-state index contributed by atoms with van der Waals surface area (Å²) in [7, 11) is -3.83. The molecular weight excluding hydrogens is 447 g/mol. The normalized spacial score (nSPS) is 15.6. The third-order valence-electron chi connectivity index (χ3n) is 5.52. The van der Waals surface area contributed by atoms with Crippen molar-refractivity contribution in [1.29, 1.82) is 0 Å². The van der Waals surface area contributed by atoms with Crippen LogP contribution < -0.4 is 10.0 Å². The van der Waals surface area contributed by atoms with Crippen LogP contribution in [0.3, 0.4) is 0 Å². The van der Waals surface area contributed by atoms with Crippen LogP contribution in [-0.2, 0) is 23.0 Å². The van der Waals surface area contributed by atoms with Crippen molar-refractivity contribution in [2.75, 3.05) is 23.1 Å². The number of halogens is 1. The molecule has 0 atom stereocenters. The summed E-state index contributed by atoms with van der Waals surface area (Å²) in [5.74, 6) is -0.761. The number of sulfonamides is 1. The maximum absolute atomic E-state index is 13.3. The van der Waals surface area contributed by atoms with Crippen molar-refractivity contribution in [1.82, 2.24) is 9.88 Å². The third-order valence-corrected chi connectivity index (χ3v) is 8.63. The van der Waals surface area contributed by atoms with Gasteiger partial charge in [0.05, 0.1) is 0 Å². The standard InChI is InChI=1S/C23H27FN4O2S2/c1-2-20-19(15-23(31-20)32(29,30)27-22-10-6-9-21(24)26-22)25-18-11-13-28(14-12-18)16-17-7-4-3-5-8-17/h3-10,15,18,25H,2,11-14,16H2,1H3,(H,26,27). The summed E-state index contributed by atoms with van der Waals surface area (Å²) in [5, 5.41) is 3.57. The number of hydrogen-bond acceptors (Lipinski definition) is 6. The summed E-state index contributed by atoms with van der Waals surface area (Å²) >= 11 is 1.24. The number of nitrogens with one attached hydrogen (secondary N) is 2. The number of likely N-dealkylation sites (tertiary alicyclic amines) is 1.